The lowest BCUT2D eigenvalue weighted by Crippen LogP contribution is -1.91. The van der Waals surface area contributed by atoms with Crippen molar-refractivity contribution in [1.29, 1.82) is 0 Å². The first-order valence-corrected chi connectivity index (χ1v) is 7.04. The summed E-state index contributed by atoms with van der Waals surface area (Å²) >= 11 is 9.71. The molecule has 0 saturated heterocycles. The van der Waals surface area contributed by atoms with E-state index in [4.69, 9.17) is 17.3 Å². The third-order valence-electron chi connectivity index (χ3n) is 2.91. The van der Waals surface area contributed by atoms with Gasteiger partial charge in [-0.25, -0.2) is 0 Å². The molecule has 3 aromatic rings. The minimum Gasteiger partial charge on any atom is -0.382 e. The van der Waals surface area contributed by atoms with Gasteiger partial charge in [-0.3, -0.25) is 10.1 Å². The number of nitrogen functional groups attached to an aromatic ring is 1. The SMILES string of the molecule is Nc1n[nH]c(-c2cc(Br)ccc2Cl)c1-c1ccccn1. The van der Waals surface area contributed by atoms with Crippen LogP contribution in [0.4, 0.5) is 5.82 Å². The summed E-state index contributed by atoms with van der Waals surface area (Å²) in [4.78, 5) is 4.33. The van der Waals surface area contributed by atoms with Crippen molar-refractivity contribution in [2.45, 2.75) is 0 Å². The van der Waals surface area contributed by atoms with Gasteiger partial charge in [0.15, 0.2) is 5.82 Å². The van der Waals surface area contributed by atoms with Crippen molar-refractivity contribution in [3.05, 3.63) is 52.1 Å². The van der Waals surface area contributed by atoms with E-state index in [0.29, 0.717) is 10.8 Å². The average Bonchev–Trinajstić information content (AvgIpc) is 2.84. The van der Waals surface area contributed by atoms with Gasteiger partial charge in [-0.1, -0.05) is 33.6 Å². The number of nitrogens with two attached hydrogens (primary N) is 1. The van der Waals surface area contributed by atoms with Crippen LogP contribution in [0.2, 0.25) is 5.02 Å². The van der Waals surface area contributed by atoms with Gasteiger partial charge in [0.2, 0.25) is 0 Å². The van der Waals surface area contributed by atoms with Gasteiger partial charge in [0, 0.05) is 16.2 Å². The number of pyridine rings is 1. The summed E-state index contributed by atoms with van der Waals surface area (Å²) in [6, 6.07) is 11.3. The van der Waals surface area contributed by atoms with E-state index in [9.17, 15) is 0 Å². The number of hydrogen-bond acceptors (Lipinski definition) is 3. The van der Waals surface area contributed by atoms with Crippen LogP contribution >= 0.6 is 27.5 Å². The molecule has 2 heterocycles. The first-order valence-electron chi connectivity index (χ1n) is 5.87. The van der Waals surface area contributed by atoms with Crippen LogP contribution in [0, 0.1) is 0 Å². The molecule has 3 N–H and O–H groups in total. The molecule has 0 bridgehead atoms. The third kappa shape index (κ3) is 2.30. The van der Waals surface area contributed by atoms with E-state index in [2.05, 4.69) is 31.1 Å². The zero-order valence-electron chi connectivity index (χ0n) is 10.3. The van der Waals surface area contributed by atoms with E-state index in [1.165, 1.54) is 0 Å². The number of hydrogen-bond donors (Lipinski definition) is 2. The Bertz CT molecular complexity index is 755. The third-order valence-corrected chi connectivity index (χ3v) is 3.74. The standard InChI is InChI=1S/C14H10BrClN4/c15-8-4-5-10(16)9(7-8)13-12(14(17)20-19-13)11-3-1-2-6-18-11/h1-7H,(H3,17,19,20). The Hall–Kier alpha value is -1.85. The Morgan fingerprint density at radius 3 is 2.80 bits per heavy atom. The fourth-order valence-electron chi connectivity index (χ4n) is 2.01. The van der Waals surface area contributed by atoms with E-state index in [-0.39, 0.29) is 0 Å². The van der Waals surface area contributed by atoms with Crippen LogP contribution in [0.1, 0.15) is 0 Å². The molecule has 3 rings (SSSR count). The normalized spacial score (nSPS) is 10.7. The quantitative estimate of drug-likeness (QED) is 0.730. The maximum Gasteiger partial charge on any atom is 0.155 e. The van der Waals surface area contributed by atoms with E-state index < -0.39 is 0 Å². The molecule has 0 saturated carbocycles. The van der Waals surface area contributed by atoms with Gasteiger partial charge in [-0.2, -0.15) is 5.10 Å². The van der Waals surface area contributed by atoms with Crippen LogP contribution in [0.5, 0.6) is 0 Å². The largest absolute Gasteiger partial charge is 0.382 e. The molecular formula is C14H10BrClN4. The van der Waals surface area contributed by atoms with Crippen molar-refractivity contribution in [3.63, 3.8) is 0 Å². The molecule has 1 aromatic carbocycles. The second kappa shape index (κ2) is 5.26. The van der Waals surface area contributed by atoms with Crippen LogP contribution < -0.4 is 5.73 Å². The summed E-state index contributed by atoms with van der Waals surface area (Å²) in [5.41, 5.74) is 9.05. The number of aromatic amines is 1. The maximum absolute atomic E-state index is 6.27. The minimum atomic E-state index is 0.398. The summed E-state index contributed by atoms with van der Waals surface area (Å²) in [6.07, 6.45) is 1.72. The zero-order chi connectivity index (χ0) is 14.1. The van der Waals surface area contributed by atoms with Crippen molar-refractivity contribution in [1.82, 2.24) is 15.2 Å². The number of aromatic nitrogens is 3. The van der Waals surface area contributed by atoms with Gasteiger partial charge in [0.05, 0.1) is 22.0 Å². The summed E-state index contributed by atoms with van der Waals surface area (Å²) in [5.74, 6) is 0.398. The second-order valence-electron chi connectivity index (χ2n) is 4.20. The van der Waals surface area contributed by atoms with E-state index in [0.717, 1.165) is 27.0 Å². The molecule has 0 fully saturated rings. The molecule has 100 valence electrons. The predicted molar refractivity (Wildman–Crippen MR) is 84.4 cm³/mol. The fraction of sp³-hybridized carbons (Fsp3) is 0. The number of nitrogens with zero attached hydrogens (tertiary/aromatic N) is 2. The molecule has 0 unspecified atom stereocenters. The van der Waals surface area contributed by atoms with Crippen molar-refractivity contribution in [2.24, 2.45) is 0 Å². The molecule has 0 aliphatic heterocycles. The van der Waals surface area contributed by atoms with Crippen molar-refractivity contribution < 1.29 is 0 Å². The maximum atomic E-state index is 6.27. The molecule has 0 aliphatic carbocycles. The monoisotopic (exact) mass is 348 g/mol. The van der Waals surface area contributed by atoms with Crippen LogP contribution in [-0.4, -0.2) is 15.2 Å². The molecule has 0 radical (unpaired) electrons. The number of rotatable bonds is 2. The highest BCUT2D eigenvalue weighted by molar-refractivity contribution is 9.10. The van der Waals surface area contributed by atoms with Crippen molar-refractivity contribution in [2.75, 3.05) is 5.73 Å². The summed E-state index contributed by atoms with van der Waals surface area (Å²) in [7, 11) is 0. The van der Waals surface area contributed by atoms with Crippen LogP contribution in [0.25, 0.3) is 22.5 Å². The molecular weight excluding hydrogens is 340 g/mol. The molecule has 0 aliphatic rings. The molecule has 0 spiro atoms. The van der Waals surface area contributed by atoms with Crippen molar-refractivity contribution in [3.8, 4) is 22.5 Å². The van der Waals surface area contributed by atoms with E-state index >= 15 is 0 Å². The number of anilines is 1. The number of halogens is 2. The van der Waals surface area contributed by atoms with Crippen LogP contribution in [-0.2, 0) is 0 Å². The highest BCUT2D eigenvalue weighted by atomic mass is 79.9. The number of nitrogens with one attached hydrogen (secondary N) is 1. The van der Waals surface area contributed by atoms with Crippen LogP contribution in [0.3, 0.4) is 0 Å². The average molecular weight is 350 g/mol. The predicted octanol–water partition coefficient (Wildman–Crippen LogP) is 4.14. The van der Waals surface area contributed by atoms with Gasteiger partial charge in [0.25, 0.3) is 0 Å². The Kier molecular flexibility index (Phi) is 3.46. The first kappa shape index (κ1) is 13.1. The number of benzene rings is 1. The van der Waals surface area contributed by atoms with Crippen molar-refractivity contribution >= 4 is 33.3 Å². The highest BCUT2D eigenvalue weighted by Crippen LogP contribution is 2.37. The Labute approximate surface area is 129 Å². The number of H-pyrrole nitrogens is 1. The summed E-state index contributed by atoms with van der Waals surface area (Å²) in [5, 5.41) is 7.64. The summed E-state index contributed by atoms with van der Waals surface area (Å²) in [6.45, 7) is 0. The molecule has 0 amide bonds. The van der Waals surface area contributed by atoms with Crippen LogP contribution in [0.15, 0.2) is 47.1 Å². The van der Waals surface area contributed by atoms with Gasteiger partial charge in [-0.05, 0) is 30.3 Å². The molecule has 4 nitrogen and oxygen atoms in total. The lowest BCUT2D eigenvalue weighted by molar-refractivity contribution is 1.10. The van der Waals surface area contributed by atoms with Gasteiger partial charge >= 0.3 is 0 Å². The Balaban J connectivity index is 2.24. The second-order valence-corrected chi connectivity index (χ2v) is 5.52. The lowest BCUT2D eigenvalue weighted by atomic mass is 10.0. The van der Waals surface area contributed by atoms with E-state index in [1.807, 2.05) is 36.4 Å². The minimum absolute atomic E-state index is 0.398. The fourth-order valence-corrected chi connectivity index (χ4v) is 2.58. The molecule has 20 heavy (non-hydrogen) atoms. The van der Waals surface area contributed by atoms with Gasteiger partial charge in [0.1, 0.15) is 0 Å². The molecule has 2 aromatic heterocycles. The highest BCUT2D eigenvalue weighted by Gasteiger charge is 2.17. The Morgan fingerprint density at radius 1 is 1.20 bits per heavy atom. The smallest absolute Gasteiger partial charge is 0.155 e. The zero-order valence-corrected chi connectivity index (χ0v) is 12.6. The lowest BCUT2D eigenvalue weighted by Gasteiger charge is -2.06. The topological polar surface area (TPSA) is 67.6 Å². The first-order chi connectivity index (χ1) is 9.66. The van der Waals surface area contributed by atoms with E-state index in [1.54, 1.807) is 6.20 Å². The summed E-state index contributed by atoms with van der Waals surface area (Å²) < 4.78 is 0.928. The van der Waals surface area contributed by atoms with Gasteiger partial charge in [-0.15, -0.1) is 0 Å². The Morgan fingerprint density at radius 2 is 2.05 bits per heavy atom. The molecule has 0 atom stereocenters. The van der Waals surface area contributed by atoms with Gasteiger partial charge < -0.3 is 5.73 Å². The molecule has 6 heteroatoms.